The second-order valence-corrected chi connectivity index (χ2v) is 7.00. The number of fused-ring (bicyclic) bond motifs is 1. The minimum absolute atomic E-state index is 0.0246. The highest BCUT2D eigenvalue weighted by Crippen LogP contribution is 2.42. The summed E-state index contributed by atoms with van der Waals surface area (Å²) in [6.07, 6.45) is -13.8. The minimum atomic E-state index is -5.13. The van der Waals surface area contributed by atoms with Crippen molar-refractivity contribution in [1.29, 1.82) is 0 Å². The van der Waals surface area contributed by atoms with Gasteiger partial charge in [-0.25, -0.2) is 9.59 Å². The monoisotopic (exact) mass is 563 g/mol. The number of nitrogens with zero attached hydrogens (tertiary/aromatic N) is 1. The Labute approximate surface area is 209 Å². The highest BCUT2D eigenvalue weighted by atomic mass is 19.4. The standard InChI is InChI=1S/C20H19F6NO11/c1-2-11-7-13(38-20(24,25)26)8-12-9-14(16(19(21,22)23)37-15(11)12)17(28)34-10-35-18(29)33-5-3-32-4-6-36-27(30)31/h7-9,16H,2-6,10H2,1H3. The second kappa shape index (κ2) is 13.0. The summed E-state index contributed by atoms with van der Waals surface area (Å²) in [7, 11) is 0. The van der Waals surface area contributed by atoms with Crippen molar-refractivity contribution >= 4 is 18.2 Å². The maximum Gasteiger partial charge on any atom is 0.573 e. The first-order valence-corrected chi connectivity index (χ1v) is 10.4. The van der Waals surface area contributed by atoms with Gasteiger partial charge in [-0.1, -0.05) is 6.92 Å². The van der Waals surface area contributed by atoms with Crippen molar-refractivity contribution < 1.29 is 74.3 Å². The molecule has 2 rings (SSSR count). The summed E-state index contributed by atoms with van der Waals surface area (Å²) in [4.78, 5) is 37.7. The lowest BCUT2D eigenvalue weighted by Crippen LogP contribution is -2.41. The first-order valence-electron chi connectivity index (χ1n) is 10.4. The van der Waals surface area contributed by atoms with E-state index in [1.54, 1.807) is 0 Å². The van der Waals surface area contributed by atoms with E-state index in [0.717, 1.165) is 12.1 Å². The number of hydrogen-bond donors (Lipinski definition) is 0. The zero-order valence-corrected chi connectivity index (χ0v) is 19.3. The molecule has 212 valence electrons. The highest BCUT2D eigenvalue weighted by Gasteiger charge is 2.49. The van der Waals surface area contributed by atoms with Crippen LogP contribution in [0.15, 0.2) is 17.7 Å². The van der Waals surface area contributed by atoms with Crippen molar-refractivity contribution in [2.75, 3.05) is 33.2 Å². The number of aryl methyl sites for hydroxylation is 1. The number of ether oxygens (including phenoxy) is 6. The fourth-order valence-corrected chi connectivity index (χ4v) is 2.94. The summed E-state index contributed by atoms with van der Waals surface area (Å²) in [6.45, 7) is -0.888. The number of carbonyl (C=O) groups is 2. The van der Waals surface area contributed by atoms with Crippen LogP contribution in [0.25, 0.3) is 6.08 Å². The van der Waals surface area contributed by atoms with Crippen molar-refractivity contribution in [1.82, 2.24) is 0 Å². The normalized spacial score (nSPS) is 14.9. The molecular formula is C20H19F6NO11. The van der Waals surface area contributed by atoms with Gasteiger partial charge in [0.1, 0.15) is 24.7 Å². The third-order valence-corrected chi connectivity index (χ3v) is 4.38. The van der Waals surface area contributed by atoms with Crippen LogP contribution in [0, 0.1) is 10.1 Å². The summed E-state index contributed by atoms with van der Waals surface area (Å²) < 4.78 is 106. The lowest BCUT2D eigenvalue weighted by atomic mass is 9.97. The van der Waals surface area contributed by atoms with E-state index in [2.05, 4.69) is 23.8 Å². The predicted octanol–water partition coefficient (Wildman–Crippen LogP) is 3.73. The fourth-order valence-electron chi connectivity index (χ4n) is 2.94. The molecule has 1 aliphatic rings. The van der Waals surface area contributed by atoms with E-state index in [9.17, 15) is 46.0 Å². The number of esters is 1. The van der Waals surface area contributed by atoms with E-state index in [1.165, 1.54) is 6.92 Å². The maximum absolute atomic E-state index is 13.6. The Kier molecular flexibility index (Phi) is 10.4. The van der Waals surface area contributed by atoms with Gasteiger partial charge in [0.2, 0.25) is 12.9 Å². The van der Waals surface area contributed by atoms with E-state index in [1.807, 2.05) is 0 Å². The van der Waals surface area contributed by atoms with Gasteiger partial charge in [-0.05, 0) is 30.2 Å². The van der Waals surface area contributed by atoms with Gasteiger partial charge in [-0.15, -0.1) is 23.3 Å². The molecule has 0 saturated heterocycles. The van der Waals surface area contributed by atoms with Crippen LogP contribution < -0.4 is 9.47 Å². The average molecular weight is 563 g/mol. The second-order valence-electron chi connectivity index (χ2n) is 7.00. The molecule has 38 heavy (non-hydrogen) atoms. The Morgan fingerprint density at radius 3 is 2.32 bits per heavy atom. The molecule has 0 spiro atoms. The number of alkyl halides is 6. The van der Waals surface area contributed by atoms with Crippen LogP contribution in [-0.4, -0.2) is 69.1 Å². The van der Waals surface area contributed by atoms with Crippen LogP contribution in [0.4, 0.5) is 31.1 Å². The Bertz CT molecular complexity index is 1040. The van der Waals surface area contributed by atoms with E-state index >= 15 is 0 Å². The highest BCUT2D eigenvalue weighted by molar-refractivity contribution is 5.96. The van der Waals surface area contributed by atoms with Crippen molar-refractivity contribution in [3.8, 4) is 11.5 Å². The van der Waals surface area contributed by atoms with Gasteiger partial charge in [-0.2, -0.15) is 13.2 Å². The molecule has 0 fully saturated rings. The smallest absolute Gasteiger partial charge is 0.475 e. The van der Waals surface area contributed by atoms with Crippen LogP contribution in [0.3, 0.4) is 0 Å². The molecule has 18 heteroatoms. The molecule has 1 atom stereocenters. The third-order valence-electron chi connectivity index (χ3n) is 4.38. The molecular weight excluding hydrogens is 544 g/mol. The Balaban J connectivity index is 2.02. The number of hydrogen-bond acceptors (Lipinski definition) is 11. The molecule has 0 aromatic heterocycles. The number of benzene rings is 1. The minimum Gasteiger partial charge on any atom is -0.475 e. The van der Waals surface area contributed by atoms with E-state index in [4.69, 9.17) is 9.47 Å². The molecule has 1 aromatic rings. The molecule has 1 heterocycles. The van der Waals surface area contributed by atoms with Crippen LogP contribution in [0.1, 0.15) is 18.1 Å². The Morgan fingerprint density at radius 2 is 1.71 bits per heavy atom. The summed E-state index contributed by atoms with van der Waals surface area (Å²) in [5, 5.41) is 8.89. The van der Waals surface area contributed by atoms with Gasteiger partial charge in [0.25, 0.3) is 5.09 Å². The van der Waals surface area contributed by atoms with Gasteiger partial charge >= 0.3 is 24.7 Å². The molecule has 12 nitrogen and oxygen atoms in total. The summed E-state index contributed by atoms with van der Waals surface area (Å²) in [6, 6.07) is 1.60. The number of carbonyl (C=O) groups excluding carboxylic acids is 2. The van der Waals surface area contributed by atoms with Crippen molar-refractivity contribution in [3.63, 3.8) is 0 Å². The number of halogens is 6. The largest absolute Gasteiger partial charge is 0.573 e. The topological polar surface area (TPSA) is 142 Å². The summed E-state index contributed by atoms with van der Waals surface area (Å²) in [5.74, 6) is -2.78. The van der Waals surface area contributed by atoms with Gasteiger partial charge in [0.15, 0.2) is 0 Å². The molecule has 1 aromatic carbocycles. The zero-order valence-electron chi connectivity index (χ0n) is 19.3. The Hall–Kier alpha value is -3.96. The van der Waals surface area contributed by atoms with Crippen molar-refractivity contribution in [2.45, 2.75) is 32.0 Å². The first-order chi connectivity index (χ1) is 17.7. The summed E-state index contributed by atoms with van der Waals surface area (Å²) >= 11 is 0. The lowest BCUT2D eigenvalue weighted by Gasteiger charge is -2.29. The van der Waals surface area contributed by atoms with Crippen LogP contribution in [0.5, 0.6) is 11.5 Å². The van der Waals surface area contributed by atoms with Crippen LogP contribution in [-0.2, 0) is 35.0 Å². The van der Waals surface area contributed by atoms with E-state index in [0.29, 0.717) is 6.08 Å². The lowest BCUT2D eigenvalue weighted by molar-refractivity contribution is -0.758. The van der Waals surface area contributed by atoms with Gasteiger partial charge in [0.05, 0.1) is 18.8 Å². The SMILES string of the molecule is CCc1cc(OC(F)(F)F)cc2c1OC(C(F)(F)F)C(C(=O)OCOC(=O)OCCOCCO[N+](=O)[O-])=C2. The maximum atomic E-state index is 13.6. The summed E-state index contributed by atoms with van der Waals surface area (Å²) in [5.41, 5.74) is -1.47. The Morgan fingerprint density at radius 1 is 1.03 bits per heavy atom. The zero-order chi connectivity index (χ0) is 28.5. The van der Waals surface area contributed by atoms with Crippen molar-refractivity contribution in [2.24, 2.45) is 0 Å². The number of rotatable bonds is 12. The van der Waals surface area contributed by atoms with Crippen LogP contribution >= 0.6 is 0 Å². The molecule has 0 amide bonds. The molecule has 0 radical (unpaired) electrons. The molecule has 1 aliphatic heterocycles. The van der Waals surface area contributed by atoms with Gasteiger partial charge < -0.3 is 33.3 Å². The van der Waals surface area contributed by atoms with Gasteiger partial charge in [-0.3, -0.25) is 0 Å². The molecule has 1 unspecified atom stereocenters. The van der Waals surface area contributed by atoms with Crippen LogP contribution in [0.2, 0.25) is 0 Å². The molecule has 0 N–H and O–H groups in total. The molecule has 0 bridgehead atoms. The van der Waals surface area contributed by atoms with Gasteiger partial charge in [0, 0.05) is 5.56 Å². The first kappa shape index (κ1) is 30.3. The third kappa shape index (κ3) is 9.49. The van der Waals surface area contributed by atoms with E-state index in [-0.39, 0.29) is 44.0 Å². The molecule has 0 aliphatic carbocycles. The van der Waals surface area contributed by atoms with Crippen molar-refractivity contribution in [3.05, 3.63) is 38.9 Å². The van der Waals surface area contributed by atoms with E-state index < -0.39 is 59.7 Å². The predicted molar refractivity (Wildman–Crippen MR) is 108 cm³/mol. The fraction of sp³-hybridized carbons (Fsp3) is 0.500. The molecule has 0 saturated carbocycles. The quantitative estimate of drug-likeness (QED) is 0.0917. The average Bonchev–Trinajstić information content (AvgIpc) is 2.80.